The number of carbonyl (C=O) groups excluding carboxylic acids is 1. The maximum atomic E-state index is 12.2. The lowest BCUT2D eigenvalue weighted by atomic mass is 10.1. The quantitative estimate of drug-likeness (QED) is 0.730. The maximum Gasteiger partial charge on any atom is 0.243 e. The van der Waals surface area contributed by atoms with Crippen LogP contribution < -0.4 is 15.4 Å². The molecule has 0 radical (unpaired) electrons. The Hall–Kier alpha value is -2.53. The number of anilines is 2. The molecule has 2 aromatic rings. The highest BCUT2D eigenvalue weighted by Crippen LogP contribution is 2.23. The van der Waals surface area contributed by atoms with Crippen LogP contribution >= 0.6 is 0 Å². The van der Waals surface area contributed by atoms with Crippen LogP contribution in [0.5, 0.6) is 5.75 Å². The van der Waals surface area contributed by atoms with Gasteiger partial charge in [-0.2, -0.15) is 0 Å². The molecule has 0 heterocycles. The number of carbonyl (C=O) groups is 1. The first-order valence-corrected chi connectivity index (χ1v) is 8.01. The van der Waals surface area contributed by atoms with Crippen molar-refractivity contribution in [3.8, 4) is 5.75 Å². The first-order valence-electron chi connectivity index (χ1n) is 8.01. The van der Waals surface area contributed by atoms with E-state index in [9.17, 15) is 9.90 Å². The van der Waals surface area contributed by atoms with E-state index in [1.54, 1.807) is 18.2 Å². The van der Waals surface area contributed by atoms with E-state index in [0.717, 1.165) is 16.8 Å². The van der Waals surface area contributed by atoms with Crippen LogP contribution in [0.15, 0.2) is 36.4 Å². The predicted molar refractivity (Wildman–Crippen MR) is 96.6 cm³/mol. The summed E-state index contributed by atoms with van der Waals surface area (Å²) in [6, 6.07) is 11.2. The van der Waals surface area contributed by atoms with Crippen LogP contribution in [0, 0.1) is 13.8 Å². The smallest absolute Gasteiger partial charge is 0.243 e. The van der Waals surface area contributed by atoms with E-state index in [-0.39, 0.29) is 19.1 Å². The van der Waals surface area contributed by atoms with Crippen molar-refractivity contribution in [2.75, 3.05) is 23.8 Å². The van der Waals surface area contributed by atoms with Crippen LogP contribution in [0.2, 0.25) is 0 Å². The molecule has 5 nitrogen and oxygen atoms in total. The molecule has 0 saturated carbocycles. The minimum atomic E-state index is -0.147. The summed E-state index contributed by atoms with van der Waals surface area (Å²) in [6.07, 6.45) is 0. The summed E-state index contributed by atoms with van der Waals surface area (Å²) in [5.41, 5.74) is 4.47. The number of aliphatic hydroxyl groups excluding tert-OH is 1. The van der Waals surface area contributed by atoms with Crippen molar-refractivity contribution in [2.24, 2.45) is 0 Å². The molecule has 0 fully saturated rings. The highest BCUT2D eigenvalue weighted by atomic mass is 16.5. The van der Waals surface area contributed by atoms with Crippen LogP contribution in [0.3, 0.4) is 0 Å². The van der Waals surface area contributed by atoms with E-state index >= 15 is 0 Å². The van der Waals surface area contributed by atoms with Crippen LogP contribution in [-0.4, -0.2) is 24.2 Å². The Morgan fingerprint density at radius 2 is 1.88 bits per heavy atom. The van der Waals surface area contributed by atoms with Gasteiger partial charge in [0.1, 0.15) is 5.75 Å². The number of aryl methyl sites for hydroxylation is 2. The average molecular weight is 328 g/mol. The van der Waals surface area contributed by atoms with Crippen molar-refractivity contribution in [2.45, 2.75) is 27.4 Å². The molecule has 0 spiro atoms. The van der Waals surface area contributed by atoms with E-state index in [4.69, 9.17) is 4.74 Å². The summed E-state index contributed by atoms with van der Waals surface area (Å²) in [7, 11) is 0. The highest BCUT2D eigenvalue weighted by Gasteiger charge is 2.08. The van der Waals surface area contributed by atoms with E-state index in [1.807, 2.05) is 39.0 Å². The molecule has 3 N–H and O–H groups in total. The number of benzene rings is 2. The lowest BCUT2D eigenvalue weighted by Crippen LogP contribution is -2.22. The predicted octanol–water partition coefficient (Wildman–Crippen LogP) is 3.25. The monoisotopic (exact) mass is 328 g/mol. The average Bonchev–Trinajstić information content (AvgIpc) is 2.56. The minimum Gasteiger partial charge on any atom is -0.494 e. The standard InChI is InChI=1S/C19H24N2O3/c1-4-24-17-9-8-16(10-15(17)12-22)21-18(23)11-20-19-13(2)6-5-7-14(19)3/h5-10,20,22H,4,11-12H2,1-3H3,(H,21,23). The zero-order valence-corrected chi connectivity index (χ0v) is 14.3. The first kappa shape index (κ1) is 17.8. The third kappa shape index (κ3) is 4.49. The van der Waals surface area contributed by atoms with Crippen molar-refractivity contribution >= 4 is 17.3 Å². The van der Waals surface area contributed by atoms with Crippen molar-refractivity contribution in [1.82, 2.24) is 0 Å². The second-order valence-electron chi connectivity index (χ2n) is 5.58. The third-order valence-corrected chi connectivity index (χ3v) is 3.72. The molecule has 24 heavy (non-hydrogen) atoms. The molecule has 0 aliphatic heterocycles. The van der Waals surface area contributed by atoms with E-state index in [0.29, 0.717) is 23.6 Å². The van der Waals surface area contributed by atoms with Gasteiger partial charge in [0.2, 0.25) is 5.91 Å². The maximum absolute atomic E-state index is 12.2. The molecule has 2 rings (SSSR count). The summed E-state index contributed by atoms with van der Waals surface area (Å²) in [5.74, 6) is 0.484. The SMILES string of the molecule is CCOc1ccc(NC(=O)CNc2c(C)cccc2C)cc1CO. The van der Waals surface area contributed by atoms with Gasteiger partial charge in [-0.25, -0.2) is 0 Å². The molecule has 128 valence electrons. The second kappa shape index (κ2) is 8.36. The molecule has 1 amide bonds. The Labute approximate surface area is 142 Å². The minimum absolute atomic E-state index is 0.139. The highest BCUT2D eigenvalue weighted by molar-refractivity contribution is 5.94. The van der Waals surface area contributed by atoms with Gasteiger partial charge in [-0.15, -0.1) is 0 Å². The topological polar surface area (TPSA) is 70.6 Å². The number of ether oxygens (including phenoxy) is 1. The molecular formula is C19H24N2O3. The van der Waals surface area contributed by atoms with Gasteiger partial charge in [0.15, 0.2) is 0 Å². The summed E-state index contributed by atoms with van der Waals surface area (Å²) in [5, 5.41) is 15.4. The molecule has 0 unspecified atom stereocenters. The molecular weight excluding hydrogens is 304 g/mol. The molecule has 2 aromatic carbocycles. The van der Waals surface area contributed by atoms with Crippen LogP contribution in [0.4, 0.5) is 11.4 Å². The van der Waals surface area contributed by atoms with Gasteiger partial charge in [-0.05, 0) is 50.1 Å². The number of rotatable bonds is 7. The number of hydrogen-bond donors (Lipinski definition) is 3. The van der Waals surface area contributed by atoms with Crippen LogP contribution in [0.25, 0.3) is 0 Å². The lowest BCUT2D eigenvalue weighted by Gasteiger charge is -2.14. The Kier molecular flexibility index (Phi) is 6.21. The fourth-order valence-corrected chi connectivity index (χ4v) is 2.54. The van der Waals surface area contributed by atoms with Gasteiger partial charge < -0.3 is 20.5 Å². The number of para-hydroxylation sites is 1. The van der Waals surface area contributed by atoms with E-state index in [1.165, 1.54) is 0 Å². The van der Waals surface area contributed by atoms with Crippen molar-refractivity contribution in [3.05, 3.63) is 53.1 Å². The van der Waals surface area contributed by atoms with Gasteiger partial charge in [-0.3, -0.25) is 4.79 Å². The van der Waals surface area contributed by atoms with Gasteiger partial charge in [0.05, 0.1) is 19.8 Å². The van der Waals surface area contributed by atoms with Gasteiger partial charge >= 0.3 is 0 Å². The molecule has 0 aliphatic rings. The van der Waals surface area contributed by atoms with Crippen molar-refractivity contribution < 1.29 is 14.6 Å². The zero-order valence-electron chi connectivity index (χ0n) is 14.3. The van der Waals surface area contributed by atoms with Crippen molar-refractivity contribution in [1.29, 1.82) is 0 Å². The van der Waals surface area contributed by atoms with E-state index < -0.39 is 0 Å². The normalized spacial score (nSPS) is 10.3. The van der Waals surface area contributed by atoms with Crippen LogP contribution in [0.1, 0.15) is 23.6 Å². The molecule has 0 aromatic heterocycles. The second-order valence-corrected chi connectivity index (χ2v) is 5.58. The summed E-state index contributed by atoms with van der Waals surface area (Å²) >= 11 is 0. The third-order valence-electron chi connectivity index (χ3n) is 3.72. The lowest BCUT2D eigenvalue weighted by molar-refractivity contribution is -0.114. The van der Waals surface area contributed by atoms with Gasteiger partial charge in [0, 0.05) is 16.9 Å². The first-order chi connectivity index (χ1) is 11.5. The molecule has 0 bridgehead atoms. The number of hydrogen-bond acceptors (Lipinski definition) is 4. The van der Waals surface area contributed by atoms with Gasteiger partial charge in [0.25, 0.3) is 0 Å². The zero-order chi connectivity index (χ0) is 17.5. The summed E-state index contributed by atoms with van der Waals surface area (Å²) < 4.78 is 5.43. The largest absolute Gasteiger partial charge is 0.494 e. The summed E-state index contributed by atoms with van der Waals surface area (Å²) in [6.45, 7) is 6.46. The van der Waals surface area contributed by atoms with Gasteiger partial charge in [-0.1, -0.05) is 18.2 Å². The Morgan fingerprint density at radius 3 is 2.50 bits per heavy atom. The molecule has 5 heteroatoms. The Bertz CT molecular complexity index is 694. The molecule has 0 atom stereocenters. The molecule has 0 saturated heterocycles. The fraction of sp³-hybridized carbons (Fsp3) is 0.316. The molecule has 0 aliphatic carbocycles. The van der Waals surface area contributed by atoms with Crippen molar-refractivity contribution in [3.63, 3.8) is 0 Å². The van der Waals surface area contributed by atoms with E-state index in [2.05, 4.69) is 10.6 Å². The fourth-order valence-electron chi connectivity index (χ4n) is 2.54. The summed E-state index contributed by atoms with van der Waals surface area (Å²) in [4.78, 5) is 12.2. The number of nitrogens with one attached hydrogen (secondary N) is 2. The number of aliphatic hydroxyl groups is 1. The Balaban J connectivity index is 1.99. The number of amides is 1. The Morgan fingerprint density at radius 1 is 1.17 bits per heavy atom. The van der Waals surface area contributed by atoms with Crippen LogP contribution in [-0.2, 0) is 11.4 Å².